The maximum absolute atomic E-state index is 5.40. The first-order valence-corrected chi connectivity index (χ1v) is 8.17. The van der Waals surface area contributed by atoms with Crippen molar-refractivity contribution in [3.8, 4) is 5.75 Å². The van der Waals surface area contributed by atoms with E-state index in [0.717, 1.165) is 24.1 Å². The smallest absolute Gasteiger partial charge is 0.119 e. The fourth-order valence-electron chi connectivity index (χ4n) is 3.75. The van der Waals surface area contributed by atoms with Crippen LogP contribution < -0.4 is 10.1 Å². The molecule has 1 fully saturated rings. The molecule has 1 saturated carbocycles. The van der Waals surface area contributed by atoms with Gasteiger partial charge in [-0.15, -0.1) is 0 Å². The third-order valence-corrected chi connectivity index (χ3v) is 4.80. The van der Waals surface area contributed by atoms with Gasteiger partial charge in [0.15, 0.2) is 0 Å². The quantitative estimate of drug-likeness (QED) is 0.821. The number of ether oxygens (including phenoxy) is 1. The molecule has 2 heteroatoms. The maximum atomic E-state index is 5.40. The highest BCUT2D eigenvalue weighted by atomic mass is 16.5. The van der Waals surface area contributed by atoms with Crippen molar-refractivity contribution in [1.29, 1.82) is 0 Å². The maximum Gasteiger partial charge on any atom is 0.119 e. The third kappa shape index (κ3) is 3.54. The molecule has 0 radical (unpaired) electrons. The summed E-state index contributed by atoms with van der Waals surface area (Å²) in [5, 5.41) is 3.73. The zero-order valence-electron chi connectivity index (χ0n) is 13.2. The van der Waals surface area contributed by atoms with Gasteiger partial charge in [0.25, 0.3) is 0 Å². The summed E-state index contributed by atoms with van der Waals surface area (Å²) in [4.78, 5) is 0. The molecule has 2 nitrogen and oxygen atoms in total. The van der Waals surface area contributed by atoms with Crippen molar-refractivity contribution in [2.75, 3.05) is 13.7 Å². The van der Waals surface area contributed by atoms with E-state index in [1.54, 1.807) is 7.11 Å². The predicted molar refractivity (Wildman–Crippen MR) is 85.2 cm³/mol. The summed E-state index contributed by atoms with van der Waals surface area (Å²) in [6.07, 6.45) is 6.84. The van der Waals surface area contributed by atoms with Crippen LogP contribution in [0, 0.1) is 11.8 Å². The Morgan fingerprint density at radius 3 is 2.75 bits per heavy atom. The number of rotatable bonds is 6. The summed E-state index contributed by atoms with van der Waals surface area (Å²) < 4.78 is 5.40. The minimum Gasteiger partial charge on any atom is -0.497 e. The van der Waals surface area contributed by atoms with E-state index >= 15 is 0 Å². The molecular weight excluding hydrogens is 246 g/mol. The van der Waals surface area contributed by atoms with Crippen LogP contribution in [0.5, 0.6) is 5.75 Å². The average molecular weight is 275 g/mol. The molecule has 1 aromatic carbocycles. The van der Waals surface area contributed by atoms with Gasteiger partial charge in [0.1, 0.15) is 5.75 Å². The summed E-state index contributed by atoms with van der Waals surface area (Å²) in [5.74, 6) is 2.59. The zero-order valence-corrected chi connectivity index (χ0v) is 13.2. The van der Waals surface area contributed by atoms with Gasteiger partial charge in [-0.25, -0.2) is 0 Å². The lowest BCUT2D eigenvalue weighted by Gasteiger charge is -2.37. The molecule has 0 spiro atoms. The van der Waals surface area contributed by atoms with Gasteiger partial charge in [-0.3, -0.25) is 0 Å². The normalized spacial score (nSPS) is 24.4. The van der Waals surface area contributed by atoms with E-state index in [4.69, 9.17) is 4.74 Å². The SMILES string of the molecule is CCNC(c1cccc(OC)c1)C1CCCCC1CC. The molecule has 1 N–H and O–H groups in total. The molecule has 1 aliphatic carbocycles. The molecule has 0 amide bonds. The zero-order chi connectivity index (χ0) is 14.4. The van der Waals surface area contributed by atoms with E-state index in [0.29, 0.717) is 6.04 Å². The number of nitrogens with one attached hydrogen (secondary N) is 1. The van der Waals surface area contributed by atoms with E-state index in [1.165, 1.54) is 37.7 Å². The second-order valence-corrected chi connectivity index (χ2v) is 5.93. The van der Waals surface area contributed by atoms with Crippen molar-refractivity contribution in [2.45, 2.75) is 52.0 Å². The van der Waals surface area contributed by atoms with Crippen molar-refractivity contribution in [3.05, 3.63) is 29.8 Å². The fraction of sp³-hybridized carbons (Fsp3) is 0.667. The molecule has 112 valence electrons. The number of hydrogen-bond donors (Lipinski definition) is 1. The van der Waals surface area contributed by atoms with Gasteiger partial charge in [-0.1, -0.05) is 51.7 Å². The van der Waals surface area contributed by atoms with Gasteiger partial charge in [0.2, 0.25) is 0 Å². The van der Waals surface area contributed by atoms with Crippen LogP contribution in [0.25, 0.3) is 0 Å². The highest BCUT2D eigenvalue weighted by Gasteiger charge is 2.31. The largest absolute Gasteiger partial charge is 0.497 e. The first-order chi connectivity index (χ1) is 9.80. The Balaban J connectivity index is 2.24. The van der Waals surface area contributed by atoms with Crippen LogP contribution in [-0.4, -0.2) is 13.7 Å². The first-order valence-electron chi connectivity index (χ1n) is 8.17. The lowest BCUT2D eigenvalue weighted by Crippen LogP contribution is -2.34. The van der Waals surface area contributed by atoms with Crippen LogP contribution in [0.3, 0.4) is 0 Å². The summed E-state index contributed by atoms with van der Waals surface area (Å²) >= 11 is 0. The Labute approximate surface area is 123 Å². The number of benzene rings is 1. The molecule has 0 aliphatic heterocycles. The van der Waals surface area contributed by atoms with Gasteiger partial charge in [0, 0.05) is 6.04 Å². The van der Waals surface area contributed by atoms with E-state index in [-0.39, 0.29) is 0 Å². The van der Waals surface area contributed by atoms with Crippen molar-refractivity contribution in [1.82, 2.24) is 5.32 Å². The van der Waals surface area contributed by atoms with Crippen molar-refractivity contribution >= 4 is 0 Å². The minimum absolute atomic E-state index is 0.473. The molecule has 1 aromatic rings. The Morgan fingerprint density at radius 2 is 2.05 bits per heavy atom. The number of hydrogen-bond acceptors (Lipinski definition) is 2. The van der Waals surface area contributed by atoms with Gasteiger partial charge in [0.05, 0.1) is 7.11 Å². The van der Waals surface area contributed by atoms with Gasteiger partial charge in [-0.05, 0) is 42.5 Å². The second-order valence-electron chi connectivity index (χ2n) is 5.93. The molecule has 20 heavy (non-hydrogen) atoms. The average Bonchev–Trinajstić information content (AvgIpc) is 2.52. The number of methoxy groups -OCH3 is 1. The molecule has 2 rings (SSSR count). The fourth-order valence-corrected chi connectivity index (χ4v) is 3.75. The first kappa shape index (κ1) is 15.4. The Bertz CT molecular complexity index is 404. The Morgan fingerprint density at radius 1 is 1.25 bits per heavy atom. The summed E-state index contributed by atoms with van der Waals surface area (Å²) in [5.41, 5.74) is 1.39. The van der Waals surface area contributed by atoms with Gasteiger partial charge in [-0.2, -0.15) is 0 Å². The highest BCUT2D eigenvalue weighted by Crippen LogP contribution is 2.40. The van der Waals surface area contributed by atoms with Crippen LogP contribution in [-0.2, 0) is 0 Å². The van der Waals surface area contributed by atoms with Crippen LogP contribution in [0.4, 0.5) is 0 Å². The Kier molecular flexibility index (Phi) is 5.90. The van der Waals surface area contributed by atoms with Crippen molar-refractivity contribution in [2.24, 2.45) is 11.8 Å². The van der Waals surface area contributed by atoms with E-state index < -0.39 is 0 Å². The summed E-state index contributed by atoms with van der Waals surface area (Å²) in [6, 6.07) is 9.07. The second kappa shape index (κ2) is 7.68. The van der Waals surface area contributed by atoms with Crippen molar-refractivity contribution in [3.63, 3.8) is 0 Å². The summed E-state index contributed by atoms with van der Waals surface area (Å²) in [6.45, 7) is 5.57. The molecular formula is C18H29NO. The molecule has 0 heterocycles. The predicted octanol–water partition coefficient (Wildman–Crippen LogP) is 4.56. The lowest BCUT2D eigenvalue weighted by molar-refractivity contribution is 0.176. The molecule has 3 atom stereocenters. The van der Waals surface area contributed by atoms with Crippen molar-refractivity contribution < 1.29 is 4.74 Å². The monoisotopic (exact) mass is 275 g/mol. The minimum atomic E-state index is 0.473. The van der Waals surface area contributed by atoms with Gasteiger partial charge >= 0.3 is 0 Å². The third-order valence-electron chi connectivity index (χ3n) is 4.80. The Hall–Kier alpha value is -1.02. The van der Waals surface area contributed by atoms with E-state index in [9.17, 15) is 0 Å². The van der Waals surface area contributed by atoms with Crippen LogP contribution >= 0.6 is 0 Å². The molecule has 1 aliphatic rings. The van der Waals surface area contributed by atoms with E-state index in [2.05, 4.69) is 37.4 Å². The van der Waals surface area contributed by atoms with Gasteiger partial charge < -0.3 is 10.1 Å². The molecule has 0 bridgehead atoms. The van der Waals surface area contributed by atoms with Crippen LogP contribution in [0.1, 0.15) is 57.6 Å². The van der Waals surface area contributed by atoms with Crippen LogP contribution in [0.2, 0.25) is 0 Å². The lowest BCUT2D eigenvalue weighted by atomic mass is 9.72. The van der Waals surface area contributed by atoms with E-state index in [1.807, 2.05) is 6.07 Å². The molecule has 3 unspecified atom stereocenters. The molecule has 0 aromatic heterocycles. The molecule has 0 saturated heterocycles. The van der Waals surface area contributed by atoms with Crippen LogP contribution in [0.15, 0.2) is 24.3 Å². The topological polar surface area (TPSA) is 21.3 Å². The highest BCUT2D eigenvalue weighted by molar-refractivity contribution is 5.31. The standard InChI is InChI=1S/C18H29NO/c1-4-14-9-6-7-12-17(14)18(19-5-2)15-10-8-11-16(13-15)20-3/h8,10-11,13-14,17-19H,4-7,9,12H2,1-3H3. The summed E-state index contributed by atoms with van der Waals surface area (Å²) in [7, 11) is 1.75.